The molecule has 0 fully saturated rings. The minimum atomic E-state index is -0.935. The number of rotatable bonds is 11. The van der Waals surface area contributed by atoms with Gasteiger partial charge in [-0.1, -0.05) is 0 Å². The van der Waals surface area contributed by atoms with Crippen LogP contribution in [0, 0.1) is 5.95 Å². The summed E-state index contributed by atoms with van der Waals surface area (Å²) in [6.07, 6.45) is 3.26. The molecule has 11 heteroatoms. The first kappa shape index (κ1) is 24.8. The number of ether oxygens (including phenoxy) is 2. The van der Waals surface area contributed by atoms with Crippen molar-refractivity contribution in [2.45, 2.75) is 51.7 Å². The molecule has 0 unspecified atom stereocenters. The van der Waals surface area contributed by atoms with Gasteiger partial charge in [0.2, 0.25) is 5.95 Å². The largest absolute Gasteiger partial charge is 0.467 e. The molecule has 0 aliphatic carbocycles. The van der Waals surface area contributed by atoms with E-state index in [9.17, 15) is 18.8 Å². The predicted octanol–water partition coefficient (Wildman–Crippen LogP) is 2.65. The van der Waals surface area contributed by atoms with Crippen LogP contribution in [0.25, 0.3) is 0 Å². The minimum Gasteiger partial charge on any atom is -0.467 e. The van der Waals surface area contributed by atoms with Crippen molar-refractivity contribution in [1.82, 2.24) is 20.8 Å². The van der Waals surface area contributed by atoms with Gasteiger partial charge in [0.25, 0.3) is 11.8 Å². The van der Waals surface area contributed by atoms with Crippen LogP contribution < -0.4 is 15.4 Å². The molecule has 0 saturated carbocycles. The van der Waals surface area contributed by atoms with Crippen LogP contribution in [0.3, 0.4) is 0 Å². The number of halogens is 1. The zero-order valence-electron chi connectivity index (χ0n) is 18.2. The van der Waals surface area contributed by atoms with Crippen molar-refractivity contribution in [3.63, 3.8) is 0 Å². The molecule has 2 heterocycles. The van der Waals surface area contributed by atoms with Crippen LogP contribution in [0.2, 0.25) is 0 Å². The lowest BCUT2D eigenvalue weighted by Crippen LogP contribution is -2.43. The van der Waals surface area contributed by atoms with Crippen molar-refractivity contribution < 1.29 is 32.8 Å². The first-order valence-corrected chi connectivity index (χ1v) is 10.1. The summed E-state index contributed by atoms with van der Waals surface area (Å²) in [5.41, 5.74) is -0.869. The van der Waals surface area contributed by atoms with Crippen LogP contribution in [0.15, 0.2) is 35.2 Å². The molecule has 174 valence electrons. The third-order valence-electron chi connectivity index (χ3n) is 4.06. The Balaban J connectivity index is 1.89. The molecule has 0 aliphatic heterocycles. The lowest BCUT2D eigenvalue weighted by atomic mass is 10.0. The minimum absolute atomic E-state index is 0.128. The van der Waals surface area contributed by atoms with Crippen LogP contribution >= 0.6 is 0 Å². The van der Waals surface area contributed by atoms with Gasteiger partial charge in [0.1, 0.15) is 11.9 Å². The average Bonchev–Trinajstić information content (AvgIpc) is 3.23. The Hall–Kier alpha value is -3.50. The first-order valence-electron chi connectivity index (χ1n) is 10.1. The maximum absolute atomic E-state index is 13.8. The highest BCUT2D eigenvalue weighted by molar-refractivity contribution is 5.98. The van der Waals surface area contributed by atoms with E-state index in [-0.39, 0.29) is 24.5 Å². The number of hydrogen-bond donors (Lipinski definition) is 2. The Morgan fingerprint density at radius 1 is 1.22 bits per heavy atom. The van der Waals surface area contributed by atoms with Gasteiger partial charge in [0, 0.05) is 18.8 Å². The zero-order valence-corrected chi connectivity index (χ0v) is 18.2. The predicted molar refractivity (Wildman–Crippen MR) is 111 cm³/mol. The Morgan fingerprint density at radius 2 is 2.00 bits per heavy atom. The van der Waals surface area contributed by atoms with Gasteiger partial charge >= 0.3 is 6.09 Å². The van der Waals surface area contributed by atoms with Gasteiger partial charge in [-0.25, -0.2) is 9.78 Å². The number of pyridine rings is 1. The van der Waals surface area contributed by atoms with Crippen LogP contribution in [-0.2, 0) is 9.53 Å². The first-order chi connectivity index (χ1) is 15.2. The fraction of sp³-hybridized carbons (Fsp3) is 0.476. The normalized spacial score (nSPS) is 12.0. The lowest BCUT2D eigenvalue weighted by Gasteiger charge is -2.20. The number of nitrogens with one attached hydrogen (secondary N) is 2. The number of aromatic nitrogens is 2. The Labute approximate surface area is 184 Å². The number of alkyl carbamates (subject to hydrolysis) is 1. The highest BCUT2D eigenvalue weighted by atomic mass is 19.1. The summed E-state index contributed by atoms with van der Waals surface area (Å²) in [7, 11) is 0. The molecular weight excluding hydrogens is 423 g/mol. The summed E-state index contributed by atoms with van der Waals surface area (Å²) in [6.45, 7) is 5.26. The molecule has 2 amide bonds. The number of ketones is 1. The molecule has 0 radical (unpaired) electrons. The fourth-order valence-electron chi connectivity index (χ4n) is 2.60. The lowest BCUT2D eigenvalue weighted by molar-refractivity contribution is -0.123. The fourth-order valence-corrected chi connectivity index (χ4v) is 2.60. The van der Waals surface area contributed by atoms with Crippen molar-refractivity contribution in [3.8, 4) is 5.88 Å². The van der Waals surface area contributed by atoms with Gasteiger partial charge in [0.15, 0.2) is 12.4 Å². The quantitative estimate of drug-likeness (QED) is 0.394. The molecular formula is C21H27FN4O6. The standard InChI is InChI=1S/C21H27FN4O6/c1-21(2,3)32-20(29)24-10-5-4-8-15(16(27)13-30-17-9-12-31-26-17)25-19(28)14-7-6-11-23-18(14)22/h6-7,9,11-12,15H,4-5,8,10,13H2,1-3H3,(H,24,29)(H,25,28)/t15-/m0/s1. The van der Waals surface area contributed by atoms with Gasteiger partial charge in [-0.3, -0.25) is 9.59 Å². The Morgan fingerprint density at radius 3 is 2.66 bits per heavy atom. The van der Waals surface area contributed by atoms with E-state index >= 15 is 0 Å². The van der Waals surface area contributed by atoms with Gasteiger partial charge in [0.05, 0.1) is 11.6 Å². The zero-order chi connectivity index (χ0) is 23.6. The molecule has 2 rings (SSSR count). The maximum atomic E-state index is 13.8. The summed E-state index contributed by atoms with van der Waals surface area (Å²) in [4.78, 5) is 40.2. The van der Waals surface area contributed by atoms with E-state index in [2.05, 4.69) is 25.3 Å². The molecule has 10 nitrogen and oxygen atoms in total. The number of unbranched alkanes of at least 4 members (excludes halogenated alkanes) is 1. The van der Waals surface area contributed by atoms with E-state index in [4.69, 9.17) is 9.47 Å². The number of hydrogen-bond acceptors (Lipinski definition) is 8. The second-order valence-electron chi connectivity index (χ2n) is 7.88. The van der Waals surface area contributed by atoms with E-state index in [0.717, 1.165) is 0 Å². The third kappa shape index (κ3) is 8.70. The number of nitrogens with zero attached hydrogens (tertiary/aromatic N) is 2. The van der Waals surface area contributed by atoms with Crippen LogP contribution in [0.4, 0.5) is 9.18 Å². The SMILES string of the molecule is CC(C)(C)OC(=O)NCCCC[C@H](NC(=O)c1cccnc1F)C(=O)COc1ccon1. The maximum Gasteiger partial charge on any atom is 0.407 e. The molecule has 1 atom stereocenters. The monoisotopic (exact) mass is 450 g/mol. The van der Waals surface area contributed by atoms with Crippen molar-refractivity contribution in [3.05, 3.63) is 42.2 Å². The molecule has 2 aromatic heterocycles. The number of carbonyl (C=O) groups excluding carboxylic acids is 3. The van der Waals surface area contributed by atoms with E-state index in [0.29, 0.717) is 19.4 Å². The smallest absolute Gasteiger partial charge is 0.407 e. The van der Waals surface area contributed by atoms with E-state index in [1.807, 2.05) is 0 Å². The Kier molecular flexibility index (Phi) is 9.11. The summed E-state index contributed by atoms with van der Waals surface area (Å²) < 4.78 is 28.8. The highest BCUT2D eigenvalue weighted by Gasteiger charge is 2.24. The number of carbonyl (C=O) groups is 3. The molecule has 0 aromatic carbocycles. The molecule has 0 spiro atoms. The van der Waals surface area contributed by atoms with E-state index in [1.54, 1.807) is 20.8 Å². The molecule has 2 aromatic rings. The topological polar surface area (TPSA) is 133 Å². The molecule has 0 aliphatic rings. The van der Waals surface area contributed by atoms with Gasteiger partial charge < -0.3 is 24.6 Å². The average molecular weight is 450 g/mol. The van der Waals surface area contributed by atoms with Gasteiger partial charge in [-0.15, -0.1) is 0 Å². The second-order valence-corrected chi connectivity index (χ2v) is 7.88. The van der Waals surface area contributed by atoms with E-state index in [1.165, 1.54) is 30.7 Å². The van der Waals surface area contributed by atoms with Crippen molar-refractivity contribution in [2.24, 2.45) is 0 Å². The number of Topliss-reactive ketones (excluding diaryl/α,β-unsaturated/α-hetero) is 1. The van der Waals surface area contributed by atoms with Gasteiger partial charge in [-0.05, 0) is 57.3 Å². The van der Waals surface area contributed by atoms with Crippen LogP contribution in [0.5, 0.6) is 5.88 Å². The van der Waals surface area contributed by atoms with E-state index < -0.39 is 35.4 Å². The van der Waals surface area contributed by atoms with Gasteiger partial charge in [-0.2, -0.15) is 4.39 Å². The number of amides is 2. The molecule has 0 bridgehead atoms. The second kappa shape index (κ2) is 11.8. The molecule has 0 saturated heterocycles. The van der Waals surface area contributed by atoms with Crippen molar-refractivity contribution >= 4 is 17.8 Å². The summed E-state index contributed by atoms with van der Waals surface area (Å²) >= 11 is 0. The third-order valence-corrected chi connectivity index (χ3v) is 4.06. The molecule has 32 heavy (non-hydrogen) atoms. The summed E-state index contributed by atoms with van der Waals surface area (Å²) in [5.74, 6) is -1.99. The van der Waals surface area contributed by atoms with Crippen LogP contribution in [-0.4, -0.2) is 52.7 Å². The van der Waals surface area contributed by atoms with Crippen molar-refractivity contribution in [1.29, 1.82) is 0 Å². The van der Waals surface area contributed by atoms with Crippen molar-refractivity contribution in [2.75, 3.05) is 13.2 Å². The molecule has 2 N–H and O–H groups in total. The summed E-state index contributed by atoms with van der Waals surface area (Å²) in [5, 5.41) is 8.70. The van der Waals surface area contributed by atoms with Crippen LogP contribution in [0.1, 0.15) is 50.4 Å². The summed E-state index contributed by atoms with van der Waals surface area (Å²) in [6, 6.07) is 3.20. The Bertz CT molecular complexity index is 898. The highest BCUT2D eigenvalue weighted by Crippen LogP contribution is 2.10.